The Hall–Kier alpha value is -1.68. The van der Waals surface area contributed by atoms with Crippen LogP contribution in [0.3, 0.4) is 0 Å². The van der Waals surface area contributed by atoms with Crippen molar-refractivity contribution < 1.29 is 13.2 Å². The maximum absolute atomic E-state index is 12.4. The van der Waals surface area contributed by atoms with Gasteiger partial charge in [-0.15, -0.1) is 11.3 Å². The number of aromatic nitrogens is 2. The second kappa shape index (κ2) is 7.06. The summed E-state index contributed by atoms with van der Waals surface area (Å²) >= 11 is 9.91. The van der Waals surface area contributed by atoms with Gasteiger partial charge in [0.15, 0.2) is 0 Å². The van der Waals surface area contributed by atoms with E-state index in [1.807, 2.05) is 6.07 Å². The van der Waals surface area contributed by atoms with Gasteiger partial charge in [-0.1, -0.05) is 29.8 Å². The molecular formula is C14H9BrClN3O3S2. The van der Waals surface area contributed by atoms with E-state index in [4.69, 9.17) is 16.3 Å². The van der Waals surface area contributed by atoms with E-state index in [9.17, 15) is 8.42 Å². The molecule has 0 radical (unpaired) electrons. The van der Waals surface area contributed by atoms with Crippen molar-refractivity contribution in [1.82, 2.24) is 9.97 Å². The molecule has 0 amide bonds. The van der Waals surface area contributed by atoms with Crippen LogP contribution < -0.4 is 9.46 Å². The Morgan fingerprint density at radius 3 is 2.58 bits per heavy atom. The Morgan fingerprint density at radius 1 is 1.17 bits per heavy atom. The van der Waals surface area contributed by atoms with Crippen LogP contribution in [0.1, 0.15) is 0 Å². The Kier molecular flexibility index (Phi) is 5.04. The summed E-state index contributed by atoms with van der Waals surface area (Å²) in [6.07, 6.45) is 1.41. The van der Waals surface area contributed by atoms with Gasteiger partial charge in [-0.25, -0.2) is 18.4 Å². The van der Waals surface area contributed by atoms with Crippen molar-refractivity contribution in [2.75, 3.05) is 4.72 Å². The molecule has 10 heteroatoms. The summed E-state index contributed by atoms with van der Waals surface area (Å²) in [7, 11) is -3.84. The molecule has 2 aromatic heterocycles. The summed E-state index contributed by atoms with van der Waals surface area (Å²) in [5, 5.41) is 0. The Morgan fingerprint density at radius 2 is 1.92 bits per heavy atom. The molecule has 124 valence electrons. The topological polar surface area (TPSA) is 81.2 Å². The lowest BCUT2D eigenvalue weighted by atomic mass is 10.3. The predicted octanol–water partition coefficient (Wildman–Crippen LogP) is 4.55. The Bertz CT molecular complexity index is 964. The molecule has 0 aliphatic carbocycles. The molecule has 1 N–H and O–H groups in total. The summed E-state index contributed by atoms with van der Waals surface area (Å²) in [5.41, 5.74) is 0. The molecule has 24 heavy (non-hydrogen) atoms. The first kappa shape index (κ1) is 17.2. The van der Waals surface area contributed by atoms with Gasteiger partial charge in [-0.2, -0.15) is 0 Å². The first-order valence-electron chi connectivity index (χ1n) is 6.48. The molecule has 0 aliphatic heterocycles. The minimum atomic E-state index is -3.84. The van der Waals surface area contributed by atoms with Crippen LogP contribution >= 0.6 is 38.9 Å². The van der Waals surface area contributed by atoms with Crippen LogP contribution in [0, 0.1) is 0 Å². The van der Waals surface area contributed by atoms with Crippen LogP contribution in [-0.4, -0.2) is 18.4 Å². The van der Waals surface area contributed by atoms with E-state index in [1.165, 1.54) is 18.3 Å². The predicted molar refractivity (Wildman–Crippen MR) is 96.4 cm³/mol. The van der Waals surface area contributed by atoms with Gasteiger partial charge < -0.3 is 4.74 Å². The number of para-hydroxylation sites is 1. The molecule has 0 bridgehead atoms. The molecule has 0 saturated carbocycles. The second-order valence-electron chi connectivity index (χ2n) is 4.43. The summed E-state index contributed by atoms with van der Waals surface area (Å²) in [5.74, 6) is 0.516. The van der Waals surface area contributed by atoms with E-state index < -0.39 is 10.0 Å². The van der Waals surface area contributed by atoms with Crippen molar-refractivity contribution in [3.05, 3.63) is 57.6 Å². The smallest absolute Gasteiger partial charge is 0.272 e. The highest BCUT2D eigenvalue weighted by Crippen LogP contribution is 2.31. The second-order valence-corrected chi connectivity index (χ2v) is 8.86. The van der Waals surface area contributed by atoms with Crippen LogP contribution in [0.25, 0.3) is 0 Å². The molecule has 2 heterocycles. The van der Waals surface area contributed by atoms with E-state index in [0.29, 0.717) is 14.7 Å². The minimum absolute atomic E-state index is 0.0299. The monoisotopic (exact) mass is 445 g/mol. The maximum atomic E-state index is 12.4. The number of hydrogen-bond donors (Lipinski definition) is 1. The first-order valence-corrected chi connectivity index (χ1v) is 9.95. The van der Waals surface area contributed by atoms with Gasteiger partial charge >= 0.3 is 0 Å². The summed E-state index contributed by atoms with van der Waals surface area (Å²) in [6.45, 7) is 0. The van der Waals surface area contributed by atoms with Crippen molar-refractivity contribution >= 4 is 54.7 Å². The van der Waals surface area contributed by atoms with Gasteiger partial charge in [0.05, 0.1) is 10.5 Å². The van der Waals surface area contributed by atoms with Crippen LogP contribution in [-0.2, 0) is 10.0 Å². The molecule has 0 saturated heterocycles. The third-order valence-corrected chi connectivity index (χ3v) is 6.16. The fourth-order valence-electron chi connectivity index (χ4n) is 1.72. The zero-order valence-corrected chi connectivity index (χ0v) is 15.8. The van der Waals surface area contributed by atoms with Crippen LogP contribution in [0.2, 0.25) is 4.34 Å². The summed E-state index contributed by atoms with van der Waals surface area (Å²) < 4.78 is 33.7. The lowest BCUT2D eigenvalue weighted by Crippen LogP contribution is -2.14. The number of benzene rings is 1. The number of nitrogens with one attached hydrogen (secondary N) is 1. The summed E-state index contributed by atoms with van der Waals surface area (Å²) in [4.78, 5) is 8.17. The average molecular weight is 447 g/mol. The van der Waals surface area contributed by atoms with Gasteiger partial charge in [0.2, 0.25) is 5.82 Å². The molecule has 0 fully saturated rings. The standard InChI is InChI=1S/C14H9BrClN3O3S2/c15-10-8-17-14(22-9-4-2-1-3-5-9)13(18-10)19-24(20,21)12-7-6-11(16)23-12/h1-8H,(H,18,19). The Labute approximate surface area is 155 Å². The van der Waals surface area contributed by atoms with Crippen LogP contribution in [0.5, 0.6) is 11.6 Å². The van der Waals surface area contributed by atoms with Gasteiger partial charge in [0, 0.05) is 0 Å². The quantitative estimate of drug-likeness (QED) is 0.622. The van der Waals surface area contributed by atoms with E-state index in [0.717, 1.165) is 11.3 Å². The average Bonchev–Trinajstić information content (AvgIpc) is 2.98. The molecule has 0 unspecified atom stereocenters. The van der Waals surface area contributed by atoms with Crippen molar-refractivity contribution in [1.29, 1.82) is 0 Å². The zero-order chi connectivity index (χ0) is 17.2. The number of nitrogens with zero attached hydrogens (tertiary/aromatic N) is 2. The maximum Gasteiger partial charge on any atom is 0.272 e. The fourth-order valence-corrected chi connectivity index (χ4v) is 4.48. The van der Waals surface area contributed by atoms with Gasteiger partial charge in [0.1, 0.15) is 14.6 Å². The molecule has 0 aliphatic rings. The molecule has 0 spiro atoms. The number of anilines is 1. The van der Waals surface area contributed by atoms with Crippen molar-refractivity contribution in [2.45, 2.75) is 4.21 Å². The normalized spacial score (nSPS) is 11.2. The van der Waals surface area contributed by atoms with Crippen molar-refractivity contribution in [3.63, 3.8) is 0 Å². The highest BCUT2D eigenvalue weighted by atomic mass is 79.9. The molecule has 3 aromatic rings. The number of rotatable bonds is 5. The van der Waals surface area contributed by atoms with Gasteiger partial charge in [-0.05, 0) is 40.2 Å². The molecule has 0 atom stereocenters. The minimum Gasteiger partial charge on any atom is -0.436 e. The van der Waals surface area contributed by atoms with Gasteiger partial charge in [-0.3, -0.25) is 4.72 Å². The third-order valence-electron chi connectivity index (χ3n) is 2.71. The number of halogens is 2. The van der Waals surface area contributed by atoms with Crippen molar-refractivity contribution in [3.8, 4) is 11.6 Å². The third kappa shape index (κ3) is 4.04. The molecular weight excluding hydrogens is 438 g/mol. The number of sulfonamides is 1. The van der Waals surface area contributed by atoms with Crippen molar-refractivity contribution in [2.24, 2.45) is 0 Å². The van der Waals surface area contributed by atoms with Crippen LogP contribution in [0.4, 0.5) is 5.82 Å². The molecule has 3 rings (SSSR count). The highest BCUT2D eigenvalue weighted by Gasteiger charge is 2.21. The van der Waals surface area contributed by atoms with E-state index in [2.05, 4.69) is 30.6 Å². The van der Waals surface area contributed by atoms with Gasteiger partial charge in [0.25, 0.3) is 15.9 Å². The molecule has 1 aromatic carbocycles. The largest absolute Gasteiger partial charge is 0.436 e. The summed E-state index contributed by atoms with van der Waals surface area (Å²) in [6, 6.07) is 11.8. The van der Waals surface area contributed by atoms with E-state index in [1.54, 1.807) is 24.3 Å². The number of thiophene rings is 1. The van der Waals surface area contributed by atoms with E-state index in [-0.39, 0.29) is 15.9 Å². The fraction of sp³-hybridized carbons (Fsp3) is 0. The highest BCUT2D eigenvalue weighted by molar-refractivity contribution is 9.10. The Balaban J connectivity index is 1.94. The SMILES string of the molecule is O=S(=O)(Nc1nc(Br)cnc1Oc1ccccc1)c1ccc(Cl)s1. The number of ether oxygens (including phenoxy) is 1. The zero-order valence-electron chi connectivity index (χ0n) is 11.8. The van der Waals surface area contributed by atoms with Crippen LogP contribution in [0.15, 0.2) is 57.5 Å². The lowest BCUT2D eigenvalue weighted by Gasteiger charge is -2.11. The molecule has 6 nitrogen and oxygen atoms in total. The first-order chi connectivity index (χ1) is 11.4. The lowest BCUT2D eigenvalue weighted by molar-refractivity contribution is 0.462. The number of hydrogen-bond acceptors (Lipinski definition) is 6. The van der Waals surface area contributed by atoms with E-state index >= 15 is 0 Å².